The fraction of sp³-hybridized carbons (Fsp3) is 0.214. The molecule has 2 heterocycles. The summed E-state index contributed by atoms with van der Waals surface area (Å²) >= 11 is 0. The third-order valence-corrected chi connectivity index (χ3v) is 3.19. The highest BCUT2D eigenvalue weighted by atomic mass is 16.3. The summed E-state index contributed by atoms with van der Waals surface area (Å²) in [7, 11) is 0. The van der Waals surface area contributed by atoms with E-state index in [4.69, 9.17) is 0 Å². The van der Waals surface area contributed by atoms with Gasteiger partial charge in [-0.3, -0.25) is 4.68 Å². The van der Waals surface area contributed by atoms with Gasteiger partial charge >= 0.3 is 0 Å². The van der Waals surface area contributed by atoms with E-state index >= 15 is 0 Å². The Hall–Kier alpha value is -2.47. The van der Waals surface area contributed by atoms with Crippen molar-refractivity contribution in [2.45, 2.75) is 19.6 Å². The minimum Gasteiger partial charge on any atom is -0.380 e. The summed E-state index contributed by atoms with van der Waals surface area (Å²) < 4.78 is 3.39. The van der Waals surface area contributed by atoms with Crippen LogP contribution in [0.2, 0.25) is 0 Å². The molecule has 6 nitrogen and oxygen atoms in total. The van der Waals surface area contributed by atoms with Gasteiger partial charge in [0.15, 0.2) is 0 Å². The second kappa shape index (κ2) is 5.26. The Labute approximate surface area is 116 Å². The maximum atomic E-state index is 10.6. The fourth-order valence-corrected chi connectivity index (χ4v) is 2.19. The number of hydrogen-bond donors (Lipinski definition) is 1. The number of aromatic nitrogens is 5. The van der Waals surface area contributed by atoms with Crippen LogP contribution < -0.4 is 0 Å². The van der Waals surface area contributed by atoms with Crippen molar-refractivity contribution in [1.29, 1.82) is 0 Å². The largest absolute Gasteiger partial charge is 0.380 e. The number of rotatable bonds is 4. The van der Waals surface area contributed by atoms with Crippen LogP contribution in [0.1, 0.15) is 24.4 Å². The van der Waals surface area contributed by atoms with Crippen LogP contribution in [0.25, 0.3) is 5.69 Å². The SMILES string of the molecule is CCn1nccc1C(O)c1cnnn1-c1ccccc1. The molecular weight excluding hydrogens is 254 g/mol. The molecule has 102 valence electrons. The first kappa shape index (κ1) is 12.6. The summed E-state index contributed by atoms with van der Waals surface area (Å²) in [5.41, 5.74) is 2.21. The molecule has 0 saturated heterocycles. The van der Waals surface area contributed by atoms with Crippen LogP contribution in [0.5, 0.6) is 0 Å². The lowest BCUT2D eigenvalue weighted by Crippen LogP contribution is -2.13. The topological polar surface area (TPSA) is 68.8 Å². The van der Waals surface area contributed by atoms with Crippen LogP contribution in [0, 0.1) is 0 Å². The smallest absolute Gasteiger partial charge is 0.139 e. The maximum absolute atomic E-state index is 10.6. The van der Waals surface area contributed by atoms with E-state index < -0.39 is 6.10 Å². The van der Waals surface area contributed by atoms with Gasteiger partial charge in [0.05, 0.1) is 23.3 Å². The molecule has 0 radical (unpaired) electrons. The highest BCUT2D eigenvalue weighted by Gasteiger charge is 2.20. The summed E-state index contributed by atoms with van der Waals surface area (Å²) in [6, 6.07) is 11.4. The van der Waals surface area contributed by atoms with Crippen molar-refractivity contribution in [2.24, 2.45) is 0 Å². The molecule has 1 N–H and O–H groups in total. The molecule has 1 aromatic carbocycles. The Morgan fingerprint density at radius 1 is 1.15 bits per heavy atom. The van der Waals surface area contributed by atoms with Gasteiger partial charge in [-0.1, -0.05) is 23.4 Å². The Morgan fingerprint density at radius 3 is 2.70 bits per heavy atom. The maximum Gasteiger partial charge on any atom is 0.139 e. The van der Waals surface area contributed by atoms with Crippen LogP contribution >= 0.6 is 0 Å². The predicted molar refractivity (Wildman–Crippen MR) is 73.3 cm³/mol. The quantitative estimate of drug-likeness (QED) is 0.780. The Bertz CT molecular complexity index is 688. The number of aliphatic hydroxyl groups excluding tert-OH is 1. The molecule has 0 aliphatic heterocycles. The third-order valence-electron chi connectivity index (χ3n) is 3.19. The molecule has 0 aliphatic carbocycles. The number of hydrogen-bond acceptors (Lipinski definition) is 4. The molecule has 3 aromatic rings. The first-order valence-corrected chi connectivity index (χ1v) is 6.47. The average molecular weight is 269 g/mol. The molecule has 20 heavy (non-hydrogen) atoms. The van der Waals surface area contributed by atoms with Gasteiger partial charge in [-0.15, -0.1) is 5.10 Å². The number of aliphatic hydroxyl groups is 1. The van der Waals surface area contributed by atoms with Crippen LogP contribution in [-0.2, 0) is 6.54 Å². The van der Waals surface area contributed by atoms with Crippen molar-refractivity contribution >= 4 is 0 Å². The van der Waals surface area contributed by atoms with E-state index in [0.29, 0.717) is 12.2 Å². The Morgan fingerprint density at radius 2 is 1.95 bits per heavy atom. The molecule has 0 bridgehead atoms. The molecule has 1 atom stereocenters. The van der Waals surface area contributed by atoms with Crippen molar-refractivity contribution in [3.05, 3.63) is 60.2 Å². The van der Waals surface area contributed by atoms with E-state index in [1.165, 1.54) is 0 Å². The van der Waals surface area contributed by atoms with Gasteiger partial charge in [-0.05, 0) is 25.1 Å². The van der Waals surface area contributed by atoms with E-state index in [2.05, 4.69) is 15.4 Å². The zero-order valence-electron chi connectivity index (χ0n) is 11.1. The number of aryl methyl sites for hydroxylation is 1. The van der Waals surface area contributed by atoms with Crippen molar-refractivity contribution in [3.8, 4) is 5.69 Å². The molecule has 3 rings (SSSR count). The molecule has 0 saturated carbocycles. The fourth-order valence-electron chi connectivity index (χ4n) is 2.19. The van der Waals surface area contributed by atoms with Gasteiger partial charge in [-0.2, -0.15) is 5.10 Å². The van der Waals surface area contributed by atoms with Gasteiger partial charge < -0.3 is 5.11 Å². The lowest BCUT2D eigenvalue weighted by Gasteiger charge is -2.13. The Balaban J connectivity index is 2.02. The molecule has 6 heteroatoms. The first-order valence-electron chi connectivity index (χ1n) is 6.47. The lowest BCUT2D eigenvalue weighted by atomic mass is 10.2. The summed E-state index contributed by atoms with van der Waals surface area (Å²) in [5.74, 6) is 0. The normalized spacial score (nSPS) is 12.5. The second-order valence-electron chi connectivity index (χ2n) is 4.38. The van der Waals surface area contributed by atoms with Crippen molar-refractivity contribution in [1.82, 2.24) is 24.8 Å². The highest BCUT2D eigenvalue weighted by molar-refractivity contribution is 5.33. The monoisotopic (exact) mass is 269 g/mol. The van der Waals surface area contributed by atoms with E-state index in [1.54, 1.807) is 27.8 Å². The average Bonchev–Trinajstić information content (AvgIpc) is 3.16. The van der Waals surface area contributed by atoms with Crippen molar-refractivity contribution in [3.63, 3.8) is 0 Å². The minimum absolute atomic E-state index is 0.617. The summed E-state index contributed by atoms with van der Waals surface area (Å²) in [5, 5.41) is 22.7. The molecule has 1 unspecified atom stereocenters. The van der Waals surface area contributed by atoms with Crippen molar-refractivity contribution in [2.75, 3.05) is 0 Å². The highest BCUT2D eigenvalue weighted by Crippen LogP contribution is 2.22. The minimum atomic E-state index is -0.812. The van der Waals surface area contributed by atoms with Gasteiger partial charge in [0.25, 0.3) is 0 Å². The van der Waals surface area contributed by atoms with Gasteiger partial charge in [0.2, 0.25) is 0 Å². The third kappa shape index (κ3) is 2.10. The summed E-state index contributed by atoms with van der Waals surface area (Å²) in [4.78, 5) is 0. The van der Waals surface area contributed by atoms with Crippen molar-refractivity contribution < 1.29 is 5.11 Å². The summed E-state index contributed by atoms with van der Waals surface area (Å²) in [6.45, 7) is 2.68. The molecule has 0 amide bonds. The molecule has 0 aliphatic rings. The Kier molecular flexibility index (Phi) is 3.30. The zero-order chi connectivity index (χ0) is 13.9. The standard InChI is InChI=1S/C14H15N5O/c1-2-18-12(8-9-16-18)14(20)13-10-15-17-19(13)11-6-4-3-5-7-11/h3-10,14,20H,2H2,1H3. The van der Waals surface area contributed by atoms with Crippen LogP contribution in [-0.4, -0.2) is 29.9 Å². The summed E-state index contributed by atoms with van der Waals surface area (Å²) in [6.07, 6.45) is 2.44. The van der Waals surface area contributed by atoms with Crippen LogP contribution in [0.15, 0.2) is 48.8 Å². The van der Waals surface area contributed by atoms with E-state index in [0.717, 1.165) is 11.4 Å². The molecular formula is C14H15N5O. The van der Waals surface area contributed by atoms with E-state index in [1.807, 2.05) is 37.3 Å². The van der Waals surface area contributed by atoms with E-state index in [9.17, 15) is 5.11 Å². The second-order valence-corrected chi connectivity index (χ2v) is 4.38. The lowest BCUT2D eigenvalue weighted by molar-refractivity contribution is 0.200. The molecule has 0 spiro atoms. The molecule has 2 aromatic heterocycles. The predicted octanol–water partition coefficient (Wildman–Crippen LogP) is 1.57. The zero-order valence-corrected chi connectivity index (χ0v) is 11.1. The van der Waals surface area contributed by atoms with Crippen LogP contribution in [0.4, 0.5) is 0 Å². The first-order chi connectivity index (χ1) is 9.81. The van der Waals surface area contributed by atoms with Gasteiger partial charge in [-0.25, -0.2) is 4.68 Å². The molecule has 0 fully saturated rings. The van der Waals surface area contributed by atoms with Gasteiger partial charge in [0.1, 0.15) is 6.10 Å². The number of para-hydroxylation sites is 1. The van der Waals surface area contributed by atoms with Gasteiger partial charge in [0, 0.05) is 12.7 Å². The van der Waals surface area contributed by atoms with Crippen LogP contribution in [0.3, 0.4) is 0 Å². The number of benzene rings is 1. The number of nitrogens with zero attached hydrogens (tertiary/aromatic N) is 5. The van der Waals surface area contributed by atoms with E-state index in [-0.39, 0.29) is 0 Å².